The largest absolute Gasteiger partial charge is 0.466 e. The van der Waals surface area contributed by atoms with Crippen molar-refractivity contribution in [1.29, 1.82) is 0 Å². The van der Waals surface area contributed by atoms with Gasteiger partial charge in [-0.2, -0.15) is 13.2 Å². The van der Waals surface area contributed by atoms with E-state index in [2.05, 4.69) is 32.0 Å². The molecule has 0 bridgehead atoms. The minimum Gasteiger partial charge on any atom is -0.466 e. The molecule has 2 N–H and O–H groups in total. The van der Waals surface area contributed by atoms with Gasteiger partial charge in [-0.05, 0) is 18.1 Å². The summed E-state index contributed by atoms with van der Waals surface area (Å²) in [4.78, 5) is 8.39. The average molecular weight is 405 g/mol. The molecule has 0 radical (unpaired) electrons. The van der Waals surface area contributed by atoms with Crippen LogP contribution in [-0.2, 0) is 4.74 Å². The number of nitrogen functional groups attached to an aromatic ring is 1. The highest BCUT2D eigenvalue weighted by Gasteiger charge is 2.46. The van der Waals surface area contributed by atoms with Crippen LogP contribution < -0.4 is 5.73 Å². The van der Waals surface area contributed by atoms with Crippen molar-refractivity contribution in [2.24, 2.45) is 5.10 Å². The molecule has 150 valence electrons. The molecule has 0 amide bonds. The summed E-state index contributed by atoms with van der Waals surface area (Å²) < 4.78 is 50.3. The number of ether oxygens (including phenoxy) is 1. The number of rotatable bonds is 2. The Hall–Kier alpha value is -3.75. The van der Waals surface area contributed by atoms with E-state index in [1.54, 1.807) is 12.1 Å². The Bertz CT molecular complexity index is 1130. The zero-order valence-electron chi connectivity index (χ0n) is 15.0. The van der Waals surface area contributed by atoms with Crippen LogP contribution in [0.5, 0.6) is 0 Å². The van der Waals surface area contributed by atoms with Crippen LogP contribution in [0.2, 0.25) is 0 Å². The van der Waals surface area contributed by atoms with Crippen LogP contribution in [0.1, 0.15) is 12.1 Å². The first-order valence-electron chi connectivity index (χ1n) is 8.37. The second-order valence-electron chi connectivity index (χ2n) is 6.11. The van der Waals surface area contributed by atoms with Gasteiger partial charge in [-0.25, -0.2) is 14.5 Å². The molecular formula is C17H14F3N7O2. The van der Waals surface area contributed by atoms with Crippen molar-refractivity contribution in [3.8, 4) is 23.4 Å². The predicted molar refractivity (Wildman–Crippen MR) is 95.4 cm³/mol. The van der Waals surface area contributed by atoms with Crippen molar-refractivity contribution in [3.63, 3.8) is 0 Å². The van der Waals surface area contributed by atoms with Gasteiger partial charge in [-0.15, -0.1) is 10.2 Å². The fourth-order valence-corrected chi connectivity index (χ4v) is 2.73. The van der Waals surface area contributed by atoms with Gasteiger partial charge in [-0.3, -0.25) is 5.01 Å². The van der Waals surface area contributed by atoms with Crippen LogP contribution >= 0.6 is 0 Å². The molecule has 4 heterocycles. The van der Waals surface area contributed by atoms with Crippen LogP contribution in [0.4, 0.5) is 19.0 Å². The molecule has 3 aromatic heterocycles. The minimum atomic E-state index is -4.38. The molecule has 12 heteroatoms. The van der Waals surface area contributed by atoms with Gasteiger partial charge in [0.05, 0.1) is 18.9 Å². The SMILES string of the molecule is CN1N=C(OCC#Cc2cn3nc(-c4ccco4)nc3c(N)n2)CC1C(F)(F)F. The van der Waals surface area contributed by atoms with Gasteiger partial charge < -0.3 is 14.9 Å². The molecular weight excluding hydrogens is 391 g/mol. The van der Waals surface area contributed by atoms with Gasteiger partial charge in [0, 0.05) is 7.05 Å². The lowest BCUT2D eigenvalue weighted by atomic mass is 10.2. The maximum Gasteiger partial charge on any atom is 0.410 e. The zero-order valence-corrected chi connectivity index (χ0v) is 15.0. The maximum atomic E-state index is 12.8. The molecule has 1 atom stereocenters. The van der Waals surface area contributed by atoms with E-state index >= 15 is 0 Å². The zero-order chi connectivity index (χ0) is 20.6. The Balaban J connectivity index is 1.44. The summed E-state index contributed by atoms with van der Waals surface area (Å²) in [5, 5.41) is 8.84. The monoisotopic (exact) mass is 405 g/mol. The number of hydrogen-bond donors (Lipinski definition) is 1. The molecule has 0 spiro atoms. The summed E-state index contributed by atoms with van der Waals surface area (Å²) in [6.07, 6.45) is -1.70. The highest BCUT2D eigenvalue weighted by molar-refractivity contribution is 5.78. The quantitative estimate of drug-likeness (QED) is 0.649. The van der Waals surface area contributed by atoms with Crippen molar-refractivity contribution >= 4 is 17.4 Å². The number of alkyl halides is 3. The molecule has 0 aliphatic carbocycles. The number of furan rings is 1. The lowest BCUT2D eigenvalue weighted by molar-refractivity contribution is -0.175. The van der Waals surface area contributed by atoms with E-state index in [1.807, 2.05) is 0 Å². The number of hydrazone groups is 1. The first-order chi connectivity index (χ1) is 13.8. The third-order valence-electron chi connectivity index (χ3n) is 4.08. The Morgan fingerprint density at radius 3 is 2.90 bits per heavy atom. The third kappa shape index (κ3) is 3.79. The summed E-state index contributed by atoms with van der Waals surface area (Å²) >= 11 is 0. The van der Waals surface area contributed by atoms with E-state index in [9.17, 15) is 13.2 Å². The number of halogens is 3. The Morgan fingerprint density at radius 1 is 1.38 bits per heavy atom. The molecule has 1 aliphatic rings. The first kappa shape index (κ1) is 18.6. The second kappa shape index (κ2) is 7.01. The van der Waals surface area contributed by atoms with E-state index in [1.165, 1.54) is 24.0 Å². The molecule has 0 fully saturated rings. The summed E-state index contributed by atoms with van der Waals surface area (Å²) in [7, 11) is 1.25. The highest BCUT2D eigenvalue weighted by atomic mass is 19.4. The fourth-order valence-electron chi connectivity index (χ4n) is 2.73. The Kier molecular flexibility index (Phi) is 4.50. The number of anilines is 1. The van der Waals surface area contributed by atoms with Crippen molar-refractivity contribution in [3.05, 3.63) is 30.3 Å². The molecule has 0 saturated carbocycles. The molecule has 29 heavy (non-hydrogen) atoms. The van der Waals surface area contributed by atoms with E-state index < -0.39 is 12.2 Å². The number of hydrogen-bond acceptors (Lipinski definition) is 8. The van der Waals surface area contributed by atoms with Gasteiger partial charge in [0.1, 0.15) is 5.69 Å². The summed E-state index contributed by atoms with van der Waals surface area (Å²) in [6, 6.07) is 1.73. The fraction of sp³-hybridized carbons (Fsp3) is 0.294. The number of aromatic nitrogens is 4. The van der Waals surface area contributed by atoms with Crippen LogP contribution in [-0.4, -0.2) is 56.4 Å². The van der Waals surface area contributed by atoms with Crippen LogP contribution in [0, 0.1) is 11.8 Å². The van der Waals surface area contributed by atoms with Crippen molar-refractivity contribution < 1.29 is 22.3 Å². The van der Waals surface area contributed by atoms with Crippen molar-refractivity contribution in [2.75, 3.05) is 19.4 Å². The van der Waals surface area contributed by atoms with E-state index in [0.717, 1.165) is 5.01 Å². The summed E-state index contributed by atoms with van der Waals surface area (Å²) in [6.45, 7) is -0.147. The molecule has 1 aliphatic heterocycles. The van der Waals surface area contributed by atoms with Crippen molar-refractivity contribution in [2.45, 2.75) is 18.6 Å². The van der Waals surface area contributed by atoms with Gasteiger partial charge in [0.2, 0.25) is 11.7 Å². The molecule has 3 aromatic rings. The first-order valence-corrected chi connectivity index (χ1v) is 8.37. The van der Waals surface area contributed by atoms with E-state index in [0.29, 0.717) is 22.9 Å². The molecule has 9 nitrogen and oxygen atoms in total. The number of nitrogens with two attached hydrogens (primary N) is 1. The molecule has 4 rings (SSSR count). The maximum absolute atomic E-state index is 12.8. The third-order valence-corrected chi connectivity index (χ3v) is 4.08. The Labute approximate surface area is 162 Å². The molecule has 0 saturated heterocycles. The predicted octanol–water partition coefficient (Wildman–Crippen LogP) is 1.91. The summed E-state index contributed by atoms with van der Waals surface area (Å²) in [5.41, 5.74) is 6.55. The van der Waals surface area contributed by atoms with E-state index in [4.69, 9.17) is 14.9 Å². The normalized spacial score (nSPS) is 16.6. The molecule has 0 aromatic carbocycles. The lowest BCUT2D eigenvalue weighted by Crippen LogP contribution is -2.37. The van der Waals surface area contributed by atoms with Crippen LogP contribution in [0.3, 0.4) is 0 Å². The van der Waals surface area contributed by atoms with Crippen molar-refractivity contribution in [1.82, 2.24) is 24.6 Å². The summed E-state index contributed by atoms with van der Waals surface area (Å²) in [5.74, 6) is 6.33. The lowest BCUT2D eigenvalue weighted by Gasteiger charge is -2.20. The smallest absolute Gasteiger partial charge is 0.410 e. The van der Waals surface area contributed by atoms with Crippen LogP contribution in [0.25, 0.3) is 17.2 Å². The standard InChI is InChI=1S/C17H14F3N7O2/c1-26-12(17(18,19)20)8-13(24-26)29-7-2-4-10-9-27-16(14(21)22-10)23-15(25-27)11-5-3-6-28-11/h3,5-6,9,12H,7-8H2,1H3,(H2,21,22). The highest BCUT2D eigenvalue weighted by Crippen LogP contribution is 2.30. The number of nitrogens with zero attached hydrogens (tertiary/aromatic N) is 6. The number of fused-ring (bicyclic) bond motifs is 1. The molecule has 1 unspecified atom stereocenters. The minimum absolute atomic E-state index is 0.0218. The van der Waals surface area contributed by atoms with Gasteiger partial charge >= 0.3 is 6.18 Å². The topological polar surface area (TPSA) is 107 Å². The van der Waals surface area contributed by atoms with Crippen LogP contribution in [0.15, 0.2) is 34.1 Å². The van der Waals surface area contributed by atoms with Gasteiger partial charge in [-0.1, -0.05) is 5.92 Å². The van der Waals surface area contributed by atoms with E-state index in [-0.39, 0.29) is 24.7 Å². The van der Waals surface area contributed by atoms with Gasteiger partial charge in [0.15, 0.2) is 29.9 Å². The average Bonchev–Trinajstić information content (AvgIpc) is 3.37. The second-order valence-corrected chi connectivity index (χ2v) is 6.11. The Morgan fingerprint density at radius 2 is 2.21 bits per heavy atom. The van der Waals surface area contributed by atoms with Gasteiger partial charge in [0.25, 0.3) is 0 Å².